The number of anilines is 1. The number of nitrogens with zero attached hydrogens (tertiary/aromatic N) is 1. The Kier molecular flexibility index (Phi) is 2.23. The van der Waals surface area contributed by atoms with Crippen molar-refractivity contribution in [3.63, 3.8) is 0 Å². The molecular weight excluding hydrogens is 168 g/mol. The van der Waals surface area contributed by atoms with Crippen LogP contribution in [0, 0.1) is 20.8 Å². The second-order valence-corrected chi connectivity index (χ2v) is 3.00. The normalized spacial score (nSPS) is 10.1. The van der Waals surface area contributed by atoms with Crippen molar-refractivity contribution in [3.05, 3.63) is 22.5 Å². The van der Waals surface area contributed by atoms with Crippen LogP contribution in [0.15, 0.2) is 0 Å². The zero-order chi connectivity index (χ0) is 10.2. The number of nitrogen functional groups attached to an aromatic ring is 1. The maximum atomic E-state index is 10.8. The van der Waals surface area contributed by atoms with Crippen LogP contribution in [0.1, 0.15) is 27.3 Å². The van der Waals surface area contributed by atoms with Crippen LogP contribution in [0.5, 0.6) is 0 Å². The number of carboxylic acids is 1. The Morgan fingerprint density at radius 1 is 1.31 bits per heavy atom. The van der Waals surface area contributed by atoms with Crippen LogP contribution >= 0.6 is 0 Å². The lowest BCUT2D eigenvalue weighted by atomic mass is 10.1. The number of nitrogens with two attached hydrogens (primary N) is 1. The molecule has 0 saturated heterocycles. The van der Waals surface area contributed by atoms with Gasteiger partial charge >= 0.3 is 5.97 Å². The molecule has 4 heteroatoms. The molecule has 0 amide bonds. The maximum Gasteiger partial charge on any atom is 0.339 e. The molecule has 13 heavy (non-hydrogen) atoms. The molecule has 4 nitrogen and oxygen atoms in total. The fraction of sp³-hybridized carbons (Fsp3) is 0.333. The van der Waals surface area contributed by atoms with Crippen molar-refractivity contribution in [2.45, 2.75) is 20.8 Å². The largest absolute Gasteiger partial charge is 0.478 e. The minimum atomic E-state index is -1.02. The highest BCUT2D eigenvalue weighted by Crippen LogP contribution is 2.21. The number of aryl methyl sites for hydroxylation is 2. The highest BCUT2D eigenvalue weighted by Gasteiger charge is 2.15. The van der Waals surface area contributed by atoms with Crippen LogP contribution in [0.3, 0.4) is 0 Å². The van der Waals surface area contributed by atoms with E-state index in [1.807, 2.05) is 6.92 Å². The molecule has 0 atom stereocenters. The van der Waals surface area contributed by atoms with Crippen LogP contribution in [0.4, 0.5) is 5.69 Å². The van der Waals surface area contributed by atoms with Gasteiger partial charge in [0.1, 0.15) is 5.56 Å². The molecule has 0 spiro atoms. The summed E-state index contributed by atoms with van der Waals surface area (Å²) in [4.78, 5) is 14.9. The van der Waals surface area contributed by atoms with Crippen molar-refractivity contribution in [2.24, 2.45) is 0 Å². The average molecular weight is 180 g/mol. The van der Waals surface area contributed by atoms with E-state index in [1.54, 1.807) is 13.8 Å². The molecule has 0 radical (unpaired) electrons. The topological polar surface area (TPSA) is 76.2 Å². The third-order valence-corrected chi connectivity index (χ3v) is 2.13. The molecule has 1 heterocycles. The Labute approximate surface area is 76.4 Å². The summed E-state index contributed by atoms with van der Waals surface area (Å²) in [7, 11) is 0. The smallest absolute Gasteiger partial charge is 0.339 e. The van der Waals surface area contributed by atoms with E-state index in [0.29, 0.717) is 11.4 Å². The second kappa shape index (κ2) is 3.05. The van der Waals surface area contributed by atoms with Gasteiger partial charge in [-0.05, 0) is 26.3 Å². The molecule has 70 valence electrons. The van der Waals surface area contributed by atoms with Gasteiger partial charge in [-0.2, -0.15) is 0 Å². The van der Waals surface area contributed by atoms with Gasteiger partial charge in [0.2, 0.25) is 0 Å². The van der Waals surface area contributed by atoms with Crippen molar-refractivity contribution in [1.82, 2.24) is 4.98 Å². The first-order chi connectivity index (χ1) is 5.95. The van der Waals surface area contributed by atoms with E-state index >= 15 is 0 Å². The Balaban J connectivity index is 3.53. The summed E-state index contributed by atoms with van der Waals surface area (Å²) in [6.45, 7) is 5.22. The summed E-state index contributed by atoms with van der Waals surface area (Å²) >= 11 is 0. The molecule has 1 aromatic heterocycles. The van der Waals surface area contributed by atoms with E-state index < -0.39 is 5.97 Å². The number of aromatic carboxylic acids is 1. The van der Waals surface area contributed by atoms with Crippen molar-refractivity contribution < 1.29 is 9.90 Å². The Morgan fingerprint density at radius 3 is 2.31 bits per heavy atom. The minimum absolute atomic E-state index is 0.114. The van der Waals surface area contributed by atoms with Crippen molar-refractivity contribution in [3.8, 4) is 0 Å². The standard InChI is InChI=1S/C9H12N2O2/c1-4-5(2)11-6(3)7(8(4)10)9(12)13/h1-3H3,(H2,10,11)(H,12,13). The fourth-order valence-electron chi connectivity index (χ4n) is 1.24. The molecular formula is C9H12N2O2. The van der Waals surface area contributed by atoms with Gasteiger partial charge in [0.15, 0.2) is 0 Å². The van der Waals surface area contributed by atoms with Crippen LogP contribution in [-0.2, 0) is 0 Å². The van der Waals surface area contributed by atoms with E-state index in [1.165, 1.54) is 0 Å². The molecule has 0 saturated carbocycles. The number of hydrogen-bond acceptors (Lipinski definition) is 3. The summed E-state index contributed by atoms with van der Waals surface area (Å²) in [5, 5.41) is 8.84. The first-order valence-electron chi connectivity index (χ1n) is 3.91. The summed E-state index contributed by atoms with van der Waals surface area (Å²) in [6.07, 6.45) is 0. The predicted octanol–water partition coefficient (Wildman–Crippen LogP) is 1.29. The summed E-state index contributed by atoms with van der Waals surface area (Å²) in [5.74, 6) is -1.02. The van der Waals surface area contributed by atoms with Crippen molar-refractivity contribution >= 4 is 11.7 Å². The zero-order valence-corrected chi connectivity index (χ0v) is 7.88. The van der Waals surface area contributed by atoms with Crippen molar-refractivity contribution in [2.75, 3.05) is 5.73 Å². The number of rotatable bonds is 1. The number of carboxylic acid groups (broad SMARTS) is 1. The summed E-state index contributed by atoms with van der Waals surface area (Å²) < 4.78 is 0. The van der Waals surface area contributed by atoms with E-state index in [2.05, 4.69) is 4.98 Å². The number of carbonyl (C=O) groups is 1. The highest BCUT2D eigenvalue weighted by atomic mass is 16.4. The van der Waals surface area contributed by atoms with Gasteiger partial charge < -0.3 is 10.8 Å². The first kappa shape index (κ1) is 9.51. The SMILES string of the molecule is Cc1nc(C)c(C(=O)O)c(N)c1C. The average Bonchev–Trinajstić information content (AvgIpc) is 1.99. The lowest BCUT2D eigenvalue weighted by Crippen LogP contribution is -2.10. The third-order valence-electron chi connectivity index (χ3n) is 2.13. The lowest BCUT2D eigenvalue weighted by molar-refractivity contribution is 0.0696. The number of hydrogen-bond donors (Lipinski definition) is 2. The van der Waals surface area contributed by atoms with Crippen molar-refractivity contribution in [1.29, 1.82) is 0 Å². The Hall–Kier alpha value is -1.58. The zero-order valence-electron chi connectivity index (χ0n) is 7.88. The number of pyridine rings is 1. The molecule has 0 aliphatic carbocycles. The van der Waals surface area contributed by atoms with E-state index in [0.717, 1.165) is 11.3 Å². The summed E-state index contributed by atoms with van der Waals surface area (Å²) in [5.41, 5.74) is 8.08. The lowest BCUT2D eigenvalue weighted by Gasteiger charge is -2.09. The third kappa shape index (κ3) is 1.47. The number of aromatic nitrogens is 1. The molecule has 3 N–H and O–H groups in total. The predicted molar refractivity (Wildman–Crippen MR) is 49.8 cm³/mol. The molecule has 0 unspecified atom stereocenters. The van der Waals surface area contributed by atoms with Crippen LogP contribution in [0.25, 0.3) is 0 Å². The molecule has 0 bridgehead atoms. The van der Waals surface area contributed by atoms with Crippen LogP contribution in [0.2, 0.25) is 0 Å². The quantitative estimate of drug-likeness (QED) is 0.682. The van der Waals surface area contributed by atoms with Gasteiger partial charge in [0.05, 0.1) is 11.4 Å². The van der Waals surface area contributed by atoms with Gasteiger partial charge in [0.25, 0.3) is 0 Å². The molecule has 0 aliphatic rings. The Morgan fingerprint density at radius 2 is 1.85 bits per heavy atom. The highest BCUT2D eigenvalue weighted by molar-refractivity contribution is 5.95. The van der Waals surface area contributed by atoms with E-state index in [-0.39, 0.29) is 5.56 Å². The van der Waals surface area contributed by atoms with E-state index in [4.69, 9.17) is 10.8 Å². The van der Waals surface area contributed by atoms with Gasteiger partial charge in [0, 0.05) is 5.69 Å². The van der Waals surface area contributed by atoms with Gasteiger partial charge in [-0.3, -0.25) is 4.98 Å². The van der Waals surface area contributed by atoms with Gasteiger partial charge in [-0.1, -0.05) is 0 Å². The monoisotopic (exact) mass is 180 g/mol. The van der Waals surface area contributed by atoms with Crippen LogP contribution < -0.4 is 5.73 Å². The van der Waals surface area contributed by atoms with E-state index in [9.17, 15) is 4.79 Å². The Bertz CT molecular complexity index is 372. The molecule has 0 aliphatic heterocycles. The summed E-state index contributed by atoms with van der Waals surface area (Å²) in [6, 6.07) is 0. The molecule has 1 aromatic rings. The van der Waals surface area contributed by atoms with Gasteiger partial charge in [-0.25, -0.2) is 4.79 Å². The molecule has 0 fully saturated rings. The van der Waals surface area contributed by atoms with Crippen LogP contribution in [-0.4, -0.2) is 16.1 Å². The molecule has 0 aromatic carbocycles. The fourth-order valence-corrected chi connectivity index (χ4v) is 1.24. The second-order valence-electron chi connectivity index (χ2n) is 3.00. The minimum Gasteiger partial charge on any atom is -0.478 e. The maximum absolute atomic E-state index is 10.8. The van der Waals surface area contributed by atoms with Gasteiger partial charge in [-0.15, -0.1) is 0 Å². The first-order valence-corrected chi connectivity index (χ1v) is 3.91. The molecule has 1 rings (SSSR count).